The predicted octanol–water partition coefficient (Wildman–Crippen LogP) is 2.50. The molecule has 132 valence electrons. The van der Waals surface area contributed by atoms with Gasteiger partial charge >= 0.3 is 0 Å². The Morgan fingerprint density at radius 1 is 1.04 bits per heavy atom. The van der Waals surface area contributed by atoms with Gasteiger partial charge in [0.1, 0.15) is 0 Å². The number of benzene rings is 1. The lowest BCUT2D eigenvalue weighted by Crippen LogP contribution is -2.51. The number of carbonyl (C=O) groups is 1. The molecule has 1 aromatic rings. The minimum atomic E-state index is 0.213. The highest BCUT2D eigenvalue weighted by atomic mass is 16.2. The van der Waals surface area contributed by atoms with Gasteiger partial charge in [-0.05, 0) is 24.3 Å². The normalized spacial score (nSPS) is 26.2. The lowest BCUT2D eigenvalue weighted by molar-refractivity contribution is -0.124. The van der Waals surface area contributed by atoms with E-state index in [4.69, 9.17) is 0 Å². The summed E-state index contributed by atoms with van der Waals surface area (Å²) < 4.78 is 0. The SMILES string of the molecule is CC1CCCCC1NC(=O)CN1CCN(Cc2ccccc2)CC1. The fourth-order valence-corrected chi connectivity index (χ4v) is 3.93. The maximum atomic E-state index is 12.3. The third-order valence-corrected chi connectivity index (χ3v) is 5.54. The lowest BCUT2D eigenvalue weighted by atomic mass is 9.86. The summed E-state index contributed by atoms with van der Waals surface area (Å²) in [5.41, 5.74) is 1.37. The molecule has 1 N–H and O–H groups in total. The molecule has 1 saturated carbocycles. The molecule has 1 aliphatic carbocycles. The molecular formula is C20H31N3O. The van der Waals surface area contributed by atoms with Crippen molar-refractivity contribution in [2.45, 2.75) is 45.2 Å². The van der Waals surface area contributed by atoms with Crippen molar-refractivity contribution in [2.24, 2.45) is 5.92 Å². The topological polar surface area (TPSA) is 35.6 Å². The van der Waals surface area contributed by atoms with Gasteiger partial charge in [-0.3, -0.25) is 14.6 Å². The van der Waals surface area contributed by atoms with Crippen molar-refractivity contribution in [1.29, 1.82) is 0 Å². The monoisotopic (exact) mass is 329 g/mol. The van der Waals surface area contributed by atoms with Crippen molar-refractivity contribution in [1.82, 2.24) is 15.1 Å². The number of rotatable bonds is 5. The van der Waals surface area contributed by atoms with E-state index in [-0.39, 0.29) is 5.91 Å². The summed E-state index contributed by atoms with van der Waals surface area (Å²) in [4.78, 5) is 17.1. The molecule has 0 radical (unpaired) electrons. The van der Waals surface area contributed by atoms with Crippen LogP contribution in [0.3, 0.4) is 0 Å². The second-order valence-corrected chi connectivity index (χ2v) is 7.47. The smallest absolute Gasteiger partial charge is 0.234 e. The molecular weight excluding hydrogens is 298 g/mol. The molecule has 0 spiro atoms. The Bertz CT molecular complexity index is 511. The molecule has 4 heteroatoms. The Kier molecular flexibility index (Phi) is 6.27. The summed E-state index contributed by atoms with van der Waals surface area (Å²) in [6.45, 7) is 7.90. The minimum absolute atomic E-state index is 0.213. The highest BCUT2D eigenvalue weighted by molar-refractivity contribution is 5.78. The summed E-state index contributed by atoms with van der Waals surface area (Å²) in [6, 6.07) is 11.0. The van der Waals surface area contributed by atoms with E-state index in [1.807, 2.05) is 0 Å². The first-order valence-corrected chi connectivity index (χ1v) is 9.49. The van der Waals surface area contributed by atoms with Crippen LogP contribution in [0.5, 0.6) is 0 Å². The number of hydrogen-bond acceptors (Lipinski definition) is 3. The number of amides is 1. The number of nitrogens with zero attached hydrogens (tertiary/aromatic N) is 2. The van der Waals surface area contributed by atoms with Crippen molar-refractivity contribution < 1.29 is 4.79 Å². The van der Waals surface area contributed by atoms with Gasteiger partial charge < -0.3 is 5.32 Å². The van der Waals surface area contributed by atoms with E-state index in [0.29, 0.717) is 18.5 Å². The number of carbonyl (C=O) groups excluding carboxylic acids is 1. The second-order valence-electron chi connectivity index (χ2n) is 7.47. The van der Waals surface area contributed by atoms with Gasteiger partial charge in [0, 0.05) is 38.8 Å². The van der Waals surface area contributed by atoms with Gasteiger partial charge in [0.05, 0.1) is 6.54 Å². The summed E-state index contributed by atoms with van der Waals surface area (Å²) in [5, 5.41) is 3.27. The van der Waals surface area contributed by atoms with Gasteiger partial charge in [-0.25, -0.2) is 0 Å². The minimum Gasteiger partial charge on any atom is -0.352 e. The van der Waals surface area contributed by atoms with Gasteiger partial charge in [-0.1, -0.05) is 50.1 Å². The van der Waals surface area contributed by atoms with Crippen molar-refractivity contribution >= 4 is 5.91 Å². The molecule has 4 nitrogen and oxygen atoms in total. The molecule has 2 aliphatic rings. The number of hydrogen-bond donors (Lipinski definition) is 1. The van der Waals surface area contributed by atoms with Crippen molar-refractivity contribution in [3.63, 3.8) is 0 Å². The molecule has 24 heavy (non-hydrogen) atoms. The third kappa shape index (κ3) is 5.05. The van der Waals surface area contributed by atoms with Gasteiger partial charge in [0.25, 0.3) is 0 Å². The van der Waals surface area contributed by atoms with Crippen molar-refractivity contribution in [2.75, 3.05) is 32.7 Å². The standard InChI is InChI=1S/C20H31N3O/c1-17-7-5-6-10-19(17)21-20(24)16-23-13-11-22(12-14-23)15-18-8-3-2-4-9-18/h2-4,8-9,17,19H,5-7,10-16H2,1H3,(H,21,24). The second kappa shape index (κ2) is 8.63. The number of piperazine rings is 1. The van der Waals surface area contributed by atoms with Crippen LogP contribution in [0.15, 0.2) is 30.3 Å². The molecule has 2 fully saturated rings. The van der Waals surface area contributed by atoms with E-state index in [1.165, 1.54) is 24.8 Å². The summed E-state index contributed by atoms with van der Waals surface area (Å²) >= 11 is 0. The summed E-state index contributed by atoms with van der Waals surface area (Å²) in [7, 11) is 0. The molecule has 3 rings (SSSR count). The summed E-state index contributed by atoms with van der Waals surface area (Å²) in [5.74, 6) is 0.843. The van der Waals surface area contributed by atoms with Crippen LogP contribution in [-0.2, 0) is 11.3 Å². The lowest BCUT2D eigenvalue weighted by Gasteiger charge is -2.35. The van der Waals surface area contributed by atoms with Crippen LogP contribution in [-0.4, -0.2) is 54.5 Å². The predicted molar refractivity (Wildman–Crippen MR) is 97.7 cm³/mol. The Morgan fingerprint density at radius 2 is 1.71 bits per heavy atom. The first-order chi connectivity index (χ1) is 11.7. The molecule has 2 unspecified atom stereocenters. The molecule has 1 heterocycles. The Hall–Kier alpha value is -1.39. The maximum absolute atomic E-state index is 12.3. The zero-order valence-corrected chi connectivity index (χ0v) is 14.9. The van der Waals surface area contributed by atoms with E-state index in [0.717, 1.165) is 39.1 Å². The van der Waals surface area contributed by atoms with Crippen LogP contribution in [0.4, 0.5) is 0 Å². The zero-order chi connectivity index (χ0) is 16.8. The van der Waals surface area contributed by atoms with Gasteiger partial charge in [-0.15, -0.1) is 0 Å². The average Bonchev–Trinajstić information content (AvgIpc) is 2.60. The highest BCUT2D eigenvalue weighted by Gasteiger charge is 2.24. The molecule has 0 bridgehead atoms. The van der Waals surface area contributed by atoms with E-state index >= 15 is 0 Å². The fraction of sp³-hybridized carbons (Fsp3) is 0.650. The molecule has 1 aliphatic heterocycles. The zero-order valence-electron chi connectivity index (χ0n) is 14.9. The third-order valence-electron chi connectivity index (χ3n) is 5.54. The molecule has 1 amide bonds. The van der Waals surface area contributed by atoms with Crippen molar-refractivity contribution in [3.05, 3.63) is 35.9 Å². The summed E-state index contributed by atoms with van der Waals surface area (Å²) in [6.07, 6.45) is 4.98. The molecule has 2 atom stereocenters. The first kappa shape index (κ1) is 17.4. The maximum Gasteiger partial charge on any atom is 0.234 e. The van der Waals surface area contributed by atoms with Crippen molar-refractivity contribution in [3.8, 4) is 0 Å². The Morgan fingerprint density at radius 3 is 2.42 bits per heavy atom. The van der Waals surface area contributed by atoms with Gasteiger partial charge in [0.2, 0.25) is 5.91 Å². The number of nitrogens with one attached hydrogen (secondary N) is 1. The van der Waals surface area contributed by atoms with E-state index < -0.39 is 0 Å². The van der Waals surface area contributed by atoms with Crippen LogP contribution in [0.2, 0.25) is 0 Å². The van der Waals surface area contributed by atoms with E-state index in [9.17, 15) is 4.79 Å². The van der Waals surface area contributed by atoms with Crippen LogP contribution < -0.4 is 5.32 Å². The van der Waals surface area contributed by atoms with Crippen LogP contribution in [0, 0.1) is 5.92 Å². The first-order valence-electron chi connectivity index (χ1n) is 9.49. The van der Waals surface area contributed by atoms with Gasteiger partial charge in [-0.2, -0.15) is 0 Å². The average molecular weight is 329 g/mol. The fourth-order valence-electron chi connectivity index (χ4n) is 3.93. The Labute approximate surface area is 146 Å². The molecule has 1 aromatic carbocycles. The molecule has 0 aromatic heterocycles. The largest absolute Gasteiger partial charge is 0.352 e. The quantitative estimate of drug-likeness (QED) is 0.901. The Balaban J connectivity index is 1.38. The van der Waals surface area contributed by atoms with E-state index in [1.54, 1.807) is 0 Å². The van der Waals surface area contributed by atoms with Crippen LogP contribution in [0.25, 0.3) is 0 Å². The van der Waals surface area contributed by atoms with Crippen LogP contribution >= 0.6 is 0 Å². The highest BCUT2D eigenvalue weighted by Crippen LogP contribution is 2.23. The van der Waals surface area contributed by atoms with Gasteiger partial charge in [0.15, 0.2) is 0 Å². The van der Waals surface area contributed by atoms with Crippen LogP contribution in [0.1, 0.15) is 38.2 Å². The van der Waals surface area contributed by atoms with E-state index in [2.05, 4.69) is 52.4 Å². The molecule has 1 saturated heterocycles.